The highest BCUT2D eigenvalue weighted by Gasteiger charge is 2.15. The maximum absolute atomic E-state index is 13.6. The smallest absolute Gasteiger partial charge is 0.243 e. The Bertz CT molecular complexity index is 833. The number of carbonyl (C=O) groups is 1. The normalized spacial score (nSPS) is 12.4. The Morgan fingerprint density at radius 2 is 1.79 bits per heavy atom. The molecule has 0 fully saturated rings. The zero-order valence-electron chi connectivity index (χ0n) is 15.4. The molecule has 28 heavy (non-hydrogen) atoms. The SMILES string of the molecule is CN=C(NCC(=O)Nc1ccc(F)c(F)c1F)NCC(C)Sc1ccccc1. The van der Waals surface area contributed by atoms with Crippen molar-refractivity contribution >= 4 is 29.3 Å². The summed E-state index contributed by atoms with van der Waals surface area (Å²) in [7, 11) is 1.55. The fraction of sp³-hybridized carbons (Fsp3) is 0.263. The summed E-state index contributed by atoms with van der Waals surface area (Å²) in [5.74, 6) is -4.63. The molecular weight excluding hydrogens is 389 g/mol. The predicted molar refractivity (Wildman–Crippen MR) is 106 cm³/mol. The van der Waals surface area contributed by atoms with Crippen LogP contribution >= 0.6 is 11.8 Å². The number of anilines is 1. The van der Waals surface area contributed by atoms with Gasteiger partial charge in [0.25, 0.3) is 0 Å². The van der Waals surface area contributed by atoms with Crippen molar-refractivity contribution in [3.05, 3.63) is 59.9 Å². The van der Waals surface area contributed by atoms with Crippen LogP contribution < -0.4 is 16.0 Å². The summed E-state index contributed by atoms with van der Waals surface area (Å²) >= 11 is 1.69. The van der Waals surface area contributed by atoms with Gasteiger partial charge in [-0.3, -0.25) is 9.79 Å². The number of nitrogens with one attached hydrogen (secondary N) is 3. The van der Waals surface area contributed by atoms with Crippen LogP contribution in [0, 0.1) is 17.5 Å². The number of thioether (sulfide) groups is 1. The van der Waals surface area contributed by atoms with Crippen LogP contribution in [0.5, 0.6) is 0 Å². The highest BCUT2D eigenvalue weighted by molar-refractivity contribution is 8.00. The van der Waals surface area contributed by atoms with Crippen molar-refractivity contribution in [3.63, 3.8) is 0 Å². The van der Waals surface area contributed by atoms with Gasteiger partial charge in [-0.05, 0) is 24.3 Å². The number of hydrogen-bond acceptors (Lipinski definition) is 3. The minimum absolute atomic E-state index is 0.224. The van der Waals surface area contributed by atoms with E-state index in [1.54, 1.807) is 18.8 Å². The van der Waals surface area contributed by atoms with Crippen LogP contribution in [-0.2, 0) is 4.79 Å². The second-order valence-electron chi connectivity index (χ2n) is 5.82. The summed E-state index contributed by atoms with van der Waals surface area (Å²) in [5, 5.41) is 8.30. The maximum Gasteiger partial charge on any atom is 0.243 e. The van der Waals surface area contributed by atoms with Gasteiger partial charge in [-0.25, -0.2) is 13.2 Å². The molecule has 5 nitrogen and oxygen atoms in total. The minimum Gasteiger partial charge on any atom is -0.355 e. The van der Waals surface area contributed by atoms with Gasteiger partial charge in [-0.15, -0.1) is 11.8 Å². The van der Waals surface area contributed by atoms with Crippen molar-refractivity contribution in [2.75, 3.05) is 25.5 Å². The number of nitrogens with zero attached hydrogens (tertiary/aromatic N) is 1. The zero-order valence-corrected chi connectivity index (χ0v) is 16.2. The number of carbonyl (C=O) groups excluding carboxylic acids is 1. The molecule has 0 aliphatic rings. The van der Waals surface area contributed by atoms with Gasteiger partial charge in [0.05, 0.1) is 12.2 Å². The summed E-state index contributed by atoms with van der Waals surface area (Å²) in [6, 6.07) is 11.6. The average Bonchev–Trinajstić information content (AvgIpc) is 2.69. The fourth-order valence-corrected chi connectivity index (χ4v) is 3.16. The highest BCUT2D eigenvalue weighted by atomic mass is 32.2. The lowest BCUT2D eigenvalue weighted by Gasteiger charge is -2.16. The Kier molecular flexibility index (Phi) is 8.19. The van der Waals surface area contributed by atoms with E-state index in [4.69, 9.17) is 0 Å². The fourth-order valence-electron chi connectivity index (χ4n) is 2.21. The third kappa shape index (κ3) is 6.49. The van der Waals surface area contributed by atoms with E-state index >= 15 is 0 Å². The van der Waals surface area contributed by atoms with Gasteiger partial charge < -0.3 is 16.0 Å². The lowest BCUT2D eigenvalue weighted by atomic mass is 10.2. The van der Waals surface area contributed by atoms with Crippen LogP contribution in [0.1, 0.15) is 6.92 Å². The molecule has 0 aliphatic heterocycles. The standard InChI is InChI=1S/C19H21F3N4OS/c1-12(28-13-6-4-3-5-7-13)10-24-19(23-2)25-11-16(27)26-15-9-8-14(20)17(21)18(15)22/h3-9,12H,10-11H2,1-2H3,(H,26,27)(H2,23,24,25). The zero-order chi connectivity index (χ0) is 20.5. The van der Waals surface area contributed by atoms with Gasteiger partial charge in [0.15, 0.2) is 23.4 Å². The molecule has 0 aliphatic carbocycles. The van der Waals surface area contributed by atoms with E-state index in [0.29, 0.717) is 12.5 Å². The molecule has 0 bridgehead atoms. The van der Waals surface area contributed by atoms with Crippen LogP contribution in [0.25, 0.3) is 0 Å². The first kappa shape index (κ1) is 21.6. The molecule has 0 heterocycles. The molecule has 0 aromatic heterocycles. The van der Waals surface area contributed by atoms with E-state index in [1.807, 2.05) is 30.3 Å². The molecule has 2 aromatic rings. The molecule has 3 N–H and O–H groups in total. The third-order valence-electron chi connectivity index (χ3n) is 3.59. The van der Waals surface area contributed by atoms with E-state index in [1.165, 1.54) is 0 Å². The monoisotopic (exact) mass is 410 g/mol. The summed E-state index contributed by atoms with van der Waals surface area (Å²) in [6.07, 6.45) is 0. The summed E-state index contributed by atoms with van der Waals surface area (Å²) in [6.45, 7) is 2.42. The summed E-state index contributed by atoms with van der Waals surface area (Å²) < 4.78 is 39.7. The van der Waals surface area contributed by atoms with Gasteiger partial charge in [-0.2, -0.15) is 0 Å². The Morgan fingerprint density at radius 3 is 2.46 bits per heavy atom. The number of hydrogen-bond donors (Lipinski definition) is 3. The molecule has 2 rings (SSSR count). The third-order valence-corrected chi connectivity index (χ3v) is 4.70. The predicted octanol–water partition coefficient (Wildman–Crippen LogP) is 3.39. The molecule has 0 spiro atoms. The Balaban J connectivity index is 1.78. The Labute approximate surface area is 165 Å². The van der Waals surface area contributed by atoms with Crippen LogP contribution in [0.4, 0.5) is 18.9 Å². The van der Waals surface area contributed by atoms with Crippen molar-refractivity contribution < 1.29 is 18.0 Å². The first-order valence-corrected chi connectivity index (χ1v) is 9.38. The topological polar surface area (TPSA) is 65.5 Å². The molecule has 1 atom stereocenters. The van der Waals surface area contributed by atoms with Crippen LogP contribution in [0.3, 0.4) is 0 Å². The van der Waals surface area contributed by atoms with Crippen molar-refractivity contribution in [2.45, 2.75) is 17.1 Å². The van der Waals surface area contributed by atoms with E-state index in [0.717, 1.165) is 17.0 Å². The van der Waals surface area contributed by atoms with Gasteiger partial charge in [0.2, 0.25) is 5.91 Å². The van der Waals surface area contributed by atoms with Gasteiger partial charge in [0.1, 0.15) is 0 Å². The van der Waals surface area contributed by atoms with Crippen LogP contribution in [-0.4, -0.2) is 37.3 Å². The number of rotatable bonds is 7. The Morgan fingerprint density at radius 1 is 1.07 bits per heavy atom. The lowest BCUT2D eigenvalue weighted by molar-refractivity contribution is -0.115. The first-order chi connectivity index (χ1) is 13.4. The van der Waals surface area contributed by atoms with Gasteiger partial charge in [0, 0.05) is 23.7 Å². The largest absolute Gasteiger partial charge is 0.355 e. The number of benzene rings is 2. The van der Waals surface area contributed by atoms with Crippen LogP contribution in [0.15, 0.2) is 52.4 Å². The van der Waals surface area contributed by atoms with Gasteiger partial charge >= 0.3 is 0 Å². The van der Waals surface area contributed by atoms with E-state index in [2.05, 4.69) is 27.9 Å². The molecular formula is C19H21F3N4OS. The van der Waals surface area contributed by atoms with E-state index in [9.17, 15) is 18.0 Å². The average molecular weight is 410 g/mol. The molecule has 2 aromatic carbocycles. The minimum atomic E-state index is -1.63. The second-order valence-corrected chi connectivity index (χ2v) is 7.33. The van der Waals surface area contributed by atoms with Gasteiger partial charge in [-0.1, -0.05) is 25.1 Å². The van der Waals surface area contributed by atoms with E-state index < -0.39 is 29.0 Å². The molecule has 9 heteroatoms. The van der Waals surface area contributed by atoms with Crippen molar-refractivity contribution in [1.82, 2.24) is 10.6 Å². The number of amides is 1. The van der Waals surface area contributed by atoms with Crippen molar-refractivity contribution in [1.29, 1.82) is 0 Å². The first-order valence-electron chi connectivity index (χ1n) is 8.50. The number of halogens is 3. The van der Waals surface area contributed by atoms with Crippen molar-refractivity contribution in [2.24, 2.45) is 4.99 Å². The number of aliphatic imine (C=N–C) groups is 1. The summed E-state index contributed by atoms with van der Waals surface area (Å²) in [5.41, 5.74) is -0.429. The molecule has 0 saturated carbocycles. The second kappa shape index (κ2) is 10.6. The molecule has 1 amide bonds. The summed E-state index contributed by atoms with van der Waals surface area (Å²) in [4.78, 5) is 17.1. The molecule has 1 unspecified atom stereocenters. The van der Waals surface area contributed by atoms with Crippen molar-refractivity contribution in [3.8, 4) is 0 Å². The molecule has 150 valence electrons. The van der Waals surface area contributed by atoms with Crippen LogP contribution in [0.2, 0.25) is 0 Å². The Hall–Kier alpha value is -2.68. The molecule has 0 saturated heterocycles. The maximum atomic E-state index is 13.6. The molecule has 0 radical (unpaired) electrons. The number of guanidine groups is 1. The quantitative estimate of drug-likeness (QED) is 0.283. The lowest BCUT2D eigenvalue weighted by Crippen LogP contribution is -2.43. The van der Waals surface area contributed by atoms with E-state index in [-0.39, 0.29) is 11.8 Å². The highest BCUT2D eigenvalue weighted by Crippen LogP contribution is 2.22.